The van der Waals surface area contributed by atoms with Crippen LogP contribution in [-0.4, -0.2) is 36.6 Å². The van der Waals surface area contributed by atoms with E-state index >= 15 is 0 Å². The Kier molecular flexibility index (Phi) is 4.82. The maximum absolute atomic E-state index is 12.1. The van der Waals surface area contributed by atoms with E-state index in [0.29, 0.717) is 23.8 Å². The molecule has 3 heterocycles. The van der Waals surface area contributed by atoms with E-state index in [1.54, 1.807) is 24.3 Å². The van der Waals surface area contributed by atoms with Gasteiger partial charge >= 0.3 is 6.03 Å². The topological polar surface area (TPSA) is 68.2 Å². The van der Waals surface area contributed by atoms with Crippen LogP contribution >= 0.6 is 0 Å². The molecule has 3 aliphatic heterocycles. The SMILES string of the molecule is CCC1CN2CCC1CC2CNC(=O)Nc1cccc(C#N)c1. The van der Waals surface area contributed by atoms with Crippen LogP contribution in [0, 0.1) is 23.2 Å². The summed E-state index contributed by atoms with van der Waals surface area (Å²) in [6.45, 7) is 5.32. The fraction of sp³-hybridized carbons (Fsp3) is 0.556. The van der Waals surface area contributed by atoms with Gasteiger partial charge in [0.15, 0.2) is 0 Å². The van der Waals surface area contributed by atoms with Gasteiger partial charge in [0.05, 0.1) is 11.6 Å². The number of rotatable bonds is 4. The molecule has 0 spiro atoms. The molecule has 1 aromatic carbocycles. The maximum Gasteiger partial charge on any atom is 0.319 e. The molecule has 23 heavy (non-hydrogen) atoms. The number of piperidine rings is 3. The Morgan fingerprint density at radius 3 is 3.04 bits per heavy atom. The van der Waals surface area contributed by atoms with Gasteiger partial charge in [-0.2, -0.15) is 5.26 Å². The first kappa shape index (κ1) is 15.8. The van der Waals surface area contributed by atoms with E-state index in [2.05, 4.69) is 28.5 Å². The number of anilines is 1. The molecule has 4 atom stereocenters. The number of hydrogen-bond donors (Lipinski definition) is 2. The van der Waals surface area contributed by atoms with E-state index in [1.165, 1.54) is 32.4 Å². The van der Waals surface area contributed by atoms with Gasteiger partial charge in [-0.1, -0.05) is 19.4 Å². The largest absolute Gasteiger partial charge is 0.336 e. The van der Waals surface area contributed by atoms with Crippen LogP contribution < -0.4 is 10.6 Å². The van der Waals surface area contributed by atoms with Crippen molar-refractivity contribution in [1.82, 2.24) is 10.2 Å². The molecule has 122 valence electrons. The summed E-state index contributed by atoms with van der Waals surface area (Å²) in [6.07, 6.45) is 3.77. The molecule has 5 heteroatoms. The Balaban J connectivity index is 1.49. The number of nitrogens with zero attached hydrogens (tertiary/aromatic N) is 2. The third kappa shape index (κ3) is 3.65. The fourth-order valence-electron chi connectivity index (χ4n) is 3.98. The zero-order chi connectivity index (χ0) is 16.2. The van der Waals surface area contributed by atoms with Crippen LogP contribution in [0.1, 0.15) is 31.7 Å². The highest BCUT2D eigenvalue weighted by Gasteiger charge is 2.38. The van der Waals surface area contributed by atoms with Crippen molar-refractivity contribution < 1.29 is 4.79 Å². The second-order valence-electron chi connectivity index (χ2n) is 6.63. The molecule has 2 N–H and O–H groups in total. The molecule has 3 aliphatic rings. The van der Waals surface area contributed by atoms with Gasteiger partial charge < -0.3 is 10.6 Å². The first-order valence-corrected chi connectivity index (χ1v) is 8.48. The lowest BCUT2D eigenvalue weighted by molar-refractivity contribution is 0.00159. The Bertz CT molecular complexity index is 609. The smallest absolute Gasteiger partial charge is 0.319 e. The summed E-state index contributed by atoms with van der Waals surface area (Å²) in [6, 6.07) is 9.30. The normalized spacial score (nSPS) is 28.9. The monoisotopic (exact) mass is 312 g/mol. The second-order valence-corrected chi connectivity index (χ2v) is 6.63. The van der Waals surface area contributed by atoms with E-state index in [0.717, 1.165) is 11.8 Å². The third-order valence-electron chi connectivity index (χ3n) is 5.29. The molecular formula is C18H24N4O. The summed E-state index contributed by atoms with van der Waals surface area (Å²) in [5.41, 5.74) is 1.20. The summed E-state index contributed by atoms with van der Waals surface area (Å²) in [5, 5.41) is 14.7. The van der Waals surface area contributed by atoms with Gasteiger partial charge in [0.2, 0.25) is 0 Å². The average molecular weight is 312 g/mol. The highest BCUT2D eigenvalue weighted by molar-refractivity contribution is 5.89. The zero-order valence-electron chi connectivity index (χ0n) is 13.6. The lowest BCUT2D eigenvalue weighted by atomic mass is 9.74. The maximum atomic E-state index is 12.1. The van der Waals surface area contributed by atoms with Gasteiger partial charge in [0.1, 0.15) is 0 Å². The first-order chi connectivity index (χ1) is 11.2. The van der Waals surface area contributed by atoms with Crippen molar-refractivity contribution in [1.29, 1.82) is 5.26 Å². The summed E-state index contributed by atoms with van der Waals surface area (Å²) in [4.78, 5) is 14.6. The van der Waals surface area contributed by atoms with E-state index in [4.69, 9.17) is 5.26 Å². The molecule has 0 saturated carbocycles. The third-order valence-corrected chi connectivity index (χ3v) is 5.29. The number of amides is 2. The van der Waals surface area contributed by atoms with Crippen LogP contribution in [0.2, 0.25) is 0 Å². The van der Waals surface area contributed by atoms with Crippen LogP contribution in [0.25, 0.3) is 0 Å². The fourth-order valence-corrected chi connectivity index (χ4v) is 3.98. The molecule has 3 fully saturated rings. The van der Waals surface area contributed by atoms with Crippen LogP contribution in [-0.2, 0) is 0 Å². The quantitative estimate of drug-likeness (QED) is 0.898. The van der Waals surface area contributed by atoms with Crippen LogP contribution in [0.5, 0.6) is 0 Å². The van der Waals surface area contributed by atoms with Gasteiger partial charge in [-0.15, -0.1) is 0 Å². The van der Waals surface area contributed by atoms with Gasteiger partial charge in [0, 0.05) is 24.8 Å². The van der Waals surface area contributed by atoms with E-state index in [-0.39, 0.29) is 6.03 Å². The standard InChI is InChI=1S/C18H24N4O/c1-2-14-12-22-7-6-15(14)9-17(22)11-20-18(23)21-16-5-3-4-13(8-16)10-19/h3-5,8,14-15,17H,2,6-7,9,11-12H2,1H3,(H2,20,21,23). The number of nitrogens with one attached hydrogen (secondary N) is 2. The molecule has 2 amide bonds. The number of hydrogen-bond acceptors (Lipinski definition) is 3. The summed E-state index contributed by atoms with van der Waals surface area (Å²) in [5.74, 6) is 1.66. The van der Waals surface area contributed by atoms with Gasteiger partial charge in [-0.3, -0.25) is 4.90 Å². The van der Waals surface area contributed by atoms with Crippen LogP contribution in [0.15, 0.2) is 24.3 Å². The van der Waals surface area contributed by atoms with Gasteiger partial charge in [-0.25, -0.2) is 4.79 Å². The highest BCUT2D eigenvalue weighted by Crippen LogP contribution is 2.37. The van der Waals surface area contributed by atoms with Crippen molar-refractivity contribution in [2.45, 2.75) is 32.2 Å². The molecule has 5 nitrogen and oxygen atoms in total. The van der Waals surface area contributed by atoms with E-state index in [1.807, 2.05) is 0 Å². The highest BCUT2D eigenvalue weighted by atomic mass is 16.2. The van der Waals surface area contributed by atoms with E-state index in [9.17, 15) is 4.79 Å². The molecular weight excluding hydrogens is 288 g/mol. The van der Waals surface area contributed by atoms with Crippen molar-refractivity contribution in [3.8, 4) is 6.07 Å². The summed E-state index contributed by atoms with van der Waals surface area (Å²) >= 11 is 0. The lowest BCUT2D eigenvalue weighted by Crippen LogP contribution is -2.56. The predicted molar refractivity (Wildman–Crippen MR) is 90.0 cm³/mol. The zero-order valence-corrected chi connectivity index (χ0v) is 13.6. The lowest BCUT2D eigenvalue weighted by Gasteiger charge is -2.49. The minimum atomic E-state index is -0.199. The number of fused-ring (bicyclic) bond motifs is 3. The summed E-state index contributed by atoms with van der Waals surface area (Å²) < 4.78 is 0. The molecule has 4 rings (SSSR count). The van der Waals surface area contributed by atoms with Crippen LogP contribution in [0.3, 0.4) is 0 Å². The Labute approximate surface area is 137 Å². The molecule has 3 saturated heterocycles. The minimum absolute atomic E-state index is 0.199. The number of nitriles is 1. The number of carbonyl (C=O) groups excluding carboxylic acids is 1. The Hall–Kier alpha value is -2.06. The van der Waals surface area contributed by atoms with Crippen molar-refractivity contribution in [3.05, 3.63) is 29.8 Å². The number of benzene rings is 1. The molecule has 4 unspecified atom stereocenters. The van der Waals surface area contributed by atoms with Crippen molar-refractivity contribution in [2.75, 3.05) is 25.0 Å². The molecule has 0 aliphatic carbocycles. The van der Waals surface area contributed by atoms with Crippen molar-refractivity contribution in [2.24, 2.45) is 11.8 Å². The Morgan fingerprint density at radius 1 is 1.48 bits per heavy atom. The van der Waals surface area contributed by atoms with Gasteiger partial charge in [-0.05, 0) is 49.4 Å². The minimum Gasteiger partial charge on any atom is -0.336 e. The number of urea groups is 1. The molecule has 2 bridgehead atoms. The first-order valence-electron chi connectivity index (χ1n) is 8.48. The number of carbonyl (C=O) groups is 1. The van der Waals surface area contributed by atoms with E-state index < -0.39 is 0 Å². The van der Waals surface area contributed by atoms with Gasteiger partial charge in [0.25, 0.3) is 0 Å². The second kappa shape index (κ2) is 7.01. The van der Waals surface area contributed by atoms with Crippen molar-refractivity contribution >= 4 is 11.7 Å². The average Bonchev–Trinajstić information content (AvgIpc) is 2.60. The molecule has 0 radical (unpaired) electrons. The predicted octanol–water partition coefficient (Wildman–Crippen LogP) is 2.80. The Morgan fingerprint density at radius 2 is 2.35 bits per heavy atom. The van der Waals surface area contributed by atoms with Crippen molar-refractivity contribution in [3.63, 3.8) is 0 Å². The van der Waals surface area contributed by atoms with Crippen LogP contribution in [0.4, 0.5) is 10.5 Å². The summed E-state index contributed by atoms with van der Waals surface area (Å²) in [7, 11) is 0. The molecule has 1 aromatic rings. The molecule has 0 aromatic heterocycles.